The fourth-order valence-corrected chi connectivity index (χ4v) is 2.15. The molecular formula is C15H18O2. The van der Waals surface area contributed by atoms with E-state index in [1.165, 1.54) is 0 Å². The molecule has 1 aromatic rings. The van der Waals surface area contributed by atoms with Crippen LogP contribution in [0.3, 0.4) is 0 Å². The molecule has 0 N–H and O–H groups in total. The molecule has 0 unspecified atom stereocenters. The Hall–Kier alpha value is -1.57. The molecule has 90 valence electrons. The number of allylic oxidation sites excluding steroid dienone is 2. The van der Waals surface area contributed by atoms with Crippen LogP contribution >= 0.6 is 0 Å². The highest BCUT2D eigenvalue weighted by atomic mass is 16.5. The Labute approximate surface area is 102 Å². The number of carbonyl (C=O) groups is 1. The topological polar surface area (TPSA) is 26.3 Å². The van der Waals surface area contributed by atoms with Gasteiger partial charge in [0.15, 0.2) is 0 Å². The van der Waals surface area contributed by atoms with Gasteiger partial charge in [-0.3, -0.25) is 4.79 Å². The van der Waals surface area contributed by atoms with Crippen molar-refractivity contribution in [1.29, 1.82) is 0 Å². The summed E-state index contributed by atoms with van der Waals surface area (Å²) in [5, 5.41) is 0. The van der Waals surface area contributed by atoms with Crippen molar-refractivity contribution in [2.24, 2.45) is 11.8 Å². The Morgan fingerprint density at radius 3 is 2.82 bits per heavy atom. The molecule has 0 bridgehead atoms. The Balaban J connectivity index is 1.87. The minimum atomic E-state index is -0.0642. The molecule has 0 radical (unpaired) electrons. The molecule has 1 aromatic carbocycles. The van der Waals surface area contributed by atoms with E-state index in [1.807, 2.05) is 30.3 Å². The average molecular weight is 230 g/mol. The van der Waals surface area contributed by atoms with E-state index in [-0.39, 0.29) is 11.9 Å². The van der Waals surface area contributed by atoms with Crippen LogP contribution in [0.5, 0.6) is 0 Å². The van der Waals surface area contributed by atoms with Gasteiger partial charge in [-0.25, -0.2) is 0 Å². The van der Waals surface area contributed by atoms with Crippen molar-refractivity contribution in [3.05, 3.63) is 48.0 Å². The van der Waals surface area contributed by atoms with Crippen LogP contribution in [0.1, 0.15) is 25.3 Å². The Kier molecular flexibility index (Phi) is 3.97. The molecule has 0 saturated carbocycles. The van der Waals surface area contributed by atoms with Gasteiger partial charge in [0.25, 0.3) is 0 Å². The van der Waals surface area contributed by atoms with E-state index >= 15 is 0 Å². The summed E-state index contributed by atoms with van der Waals surface area (Å²) in [5.41, 5.74) is 1.04. The smallest absolute Gasteiger partial charge is 0.309 e. The molecule has 1 aliphatic carbocycles. The van der Waals surface area contributed by atoms with Gasteiger partial charge in [-0.2, -0.15) is 0 Å². The molecule has 0 fully saturated rings. The number of rotatable bonds is 3. The van der Waals surface area contributed by atoms with Gasteiger partial charge in [-0.05, 0) is 24.3 Å². The maximum Gasteiger partial charge on any atom is 0.309 e. The lowest BCUT2D eigenvalue weighted by atomic mass is 9.85. The number of hydrogen-bond acceptors (Lipinski definition) is 2. The van der Waals surface area contributed by atoms with Crippen LogP contribution in [0, 0.1) is 11.8 Å². The van der Waals surface area contributed by atoms with Gasteiger partial charge in [0.05, 0.1) is 5.92 Å². The van der Waals surface area contributed by atoms with Gasteiger partial charge < -0.3 is 4.74 Å². The first-order valence-corrected chi connectivity index (χ1v) is 6.14. The summed E-state index contributed by atoms with van der Waals surface area (Å²) < 4.78 is 5.37. The van der Waals surface area contributed by atoms with E-state index < -0.39 is 0 Å². The summed E-state index contributed by atoms with van der Waals surface area (Å²) in [7, 11) is 0. The van der Waals surface area contributed by atoms with Gasteiger partial charge in [-0.15, -0.1) is 0 Å². The van der Waals surface area contributed by atoms with Gasteiger partial charge in [0, 0.05) is 0 Å². The van der Waals surface area contributed by atoms with Crippen molar-refractivity contribution < 1.29 is 9.53 Å². The zero-order valence-corrected chi connectivity index (χ0v) is 10.1. The maximum absolute atomic E-state index is 11.9. The normalized spacial score (nSPS) is 23.4. The van der Waals surface area contributed by atoms with Crippen LogP contribution in [0.15, 0.2) is 42.5 Å². The lowest BCUT2D eigenvalue weighted by Gasteiger charge is -2.22. The van der Waals surface area contributed by atoms with Crippen molar-refractivity contribution in [2.75, 3.05) is 0 Å². The van der Waals surface area contributed by atoms with E-state index in [0.717, 1.165) is 18.4 Å². The van der Waals surface area contributed by atoms with E-state index in [9.17, 15) is 4.79 Å². The summed E-state index contributed by atoms with van der Waals surface area (Å²) >= 11 is 0. The summed E-state index contributed by atoms with van der Waals surface area (Å²) in [4.78, 5) is 11.9. The zero-order valence-electron chi connectivity index (χ0n) is 10.1. The number of hydrogen-bond donors (Lipinski definition) is 0. The van der Waals surface area contributed by atoms with Crippen LogP contribution < -0.4 is 0 Å². The van der Waals surface area contributed by atoms with E-state index in [2.05, 4.69) is 19.1 Å². The Morgan fingerprint density at radius 2 is 2.12 bits per heavy atom. The van der Waals surface area contributed by atoms with Crippen LogP contribution in [0.4, 0.5) is 0 Å². The second-order valence-electron chi connectivity index (χ2n) is 4.56. The predicted molar refractivity (Wildman–Crippen MR) is 67.3 cm³/mol. The standard InChI is InChI=1S/C15H18O2/c1-12-7-5-6-10-14(12)15(16)17-11-13-8-3-2-4-9-13/h2-5,7-9,12,14H,6,10-11H2,1H3/t12-,14+/m0/s1. The molecule has 0 aromatic heterocycles. The summed E-state index contributed by atoms with van der Waals surface area (Å²) in [5.74, 6) is 0.265. The molecule has 0 saturated heterocycles. The van der Waals surface area contributed by atoms with Crippen molar-refractivity contribution >= 4 is 5.97 Å². The van der Waals surface area contributed by atoms with Crippen LogP contribution in [-0.4, -0.2) is 5.97 Å². The van der Waals surface area contributed by atoms with Crippen molar-refractivity contribution in [3.8, 4) is 0 Å². The minimum Gasteiger partial charge on any atom is -0.461 e. The van der Waals surface area contributed by atoms with Gasteiger partial charge in [0.2, 0.25) is 0 Å². The third-order valence-electron chi connectivity index (χ3n) is 3.25. The van der Waals surface area contributed by atoms with Gasteiger partial charge in [0.1, 0.15) is 6.61 Å². The molecule has 0 heterocycles. The Morgan fingerprint density at radius 1 is 1.35 bits per heavy atom. The van der Waals surface area contributed by atoms with Crippen LogP contribution in [0.2, 0.25) is 0 Å². The number of esters is 1. The van der Waals surface area contributed by atoms with E-state index in [0.29, 0.717) is 12.5 Å². The lowest BCUT2D eigenvalue weighted by molar-refractivity contribution is -0.151. The van der Waals surface area contributed by atoms with Gasteiger partial charge >= 0.3 is 5.97 Å². The number of benzene rings is 1. The highest BCUT2D eigenvalue weighted by Gasteiger charge is 2.26. The number of carbonyl (C=O) groups excluding carboxylic acids is 1. The summed E-state index contributed by atoms with van der Waals surface area (Å²) in [6, 6.07) is 9.80. The molecule has 2 heteroatoms. The van der Waals surface area contributed by atoms with E-state index in [4.69, 9.17) is 4.74 Å². The molecular weight excluding hydrogens is 212 g/mol. The van der Waals surface area contributed by atoms with Gasteiger partial charge in [-0.1, -0.05) is 49.4 Å². The maximum atomic E-state index is 11.9. The first-order chi connectivity index (χ1) is 8.27. The van der Waals surface area contributed by atoms with Crippen molar-refractivity contribution in [3.63, 3.8) is 0 Å². The summed E-state index contributed by atoms with van der Waals surface area (Å²) in [6.07, 6.45) is 6.14. The lowest BCUT2D eigenvalue weighted by Crippen LogP contribution is -2.24. The molecule has 1 aliphatic rings. The second-order valence-corrected chi connectivity index (χ2v) is 4.56. The molecule has 0 aliphatic heterocycles. The second kappa shape index (κ2) is 5.67. The average Bonchev–Trinajstić information content (AvgIpc) is 2.38. The monoisotopic (exact) mass is 230 g/mol. The predicted octanol–water partition coefficient (Wildman–Crippen LogP) is 3.33. The first-order valence-electron chi connectivity index (χ1n) is 6.14. The van der Waals surface area contributed by atoms with Crippen molar-refractivity contribution in [1.82, 2.24) is 0 Å². The highest BCUT2D eigenvalue weighted by molar-refractivity contribution is 5.73. The molecule has 0 amide bonds. The van der Waals surface area contributed by atoms with Crippen molar-refractivity contribution in [2.45, 2.75) is 26.4 Å². The third-order valence-corrected chi connectivity index (χ3v) is 3.25. The fourth-order valence-electron chi connectivity index (χ4n) is 2.15. The minimum absolute atomic E-state index is 0.0312. The molecule has 2 nitrogen and oxygen atoms in total. The molecule has 2 atom stereocenters. The SMILES string of the molecule is C[C@H]1C=CCC[C@H]1C(=O)OCc1ccccc1. The first kappa shape index (κ1) is 11.9. The third kappa shape index (κ3) is 3.19. The molecule has 17 heavy (non-hydrogen) atoms. The quantitative estimate of drug-likeness (QED) is 0.588. The highest BCUT2D eigenvalue weighted by Crippen LogP contribution is 2.25. The van der Waals surface area contributed by atoms with Crippen LogP contribution in [-0.2, 0) is 16.1 Å². The fraction of sp³-hybridized carbons (Fsp3) is 0.400. The largest absolute Gasteiger partial charge is 0.461 e. The summed E-state index contributed by atoms with van der Waals surface area (Å²) in [6.45, 7) is 2.46. The zero-order chi connectivity index (χ0) is 12.1. The van der Waals surface area contributed by atoms with E-state index in [1.54, 1.807) is 0 Å². The van der Waals surface area contributed by atoms with Crippen LogP contribution in [0.25, 0.3) is 0 Å². The number of ether oxygens (including phenoxy) is 1. The Bertz CT molecular complexity index is 395. The molecule has 0 spiro atoms. The molecule has 2 rings (SSSR count).